The van der Waals surface area contributed by atoms with E-state index in [2.05, 4.69) is 36.3 Å². The van der Waals surface area contributed by atoms with Crippen molar-refractivity contribution in [2.24, 2.45) is 16.6 Å². The minimum absolute atomic E-state index is 0.00531. The summed E-state index contributed by atoms with van der Waals surface area (Å²) in [7, 11) is 1.69. The molecule has 0 radical (unpaired) electrons. The Morgan fingerprint density at radius 2 is 1.96 bits per heavy atom. The summed E-state index contributed by atoms with van der Waals surface area (Å²) in [6.45, 7) is 7.35. The second kappa shape index (κ2) is 8.20. The van der Waals surface area contributed by atoms with Crippen LogP contribution < -0.4 is 15.8 Å². The van der Waals surface area contributed by atoms with Crippen molar-refractivity contribution in [2.45, 2.75) is 32.1 Å². The first-order valence-electron chi connectivity index (χ1n) is 8.32. The lowest BCUT2D eigenvalue weighted by atomic mass is 9.74. The van der Waals surface area contributed by atoms with Crippen LogP contribution in [0.25, 0.3) is 0 Å². The summed E-state index contributed by atoms with van der Waals surface area (Å²) in [4.78, 5) is 4.61. The molecule has 1 aliphatic heterocycles. The fourth-order valence-electron chi connectivity index (χ4n) is 2.85. The van der Waals surface area contributed by atoms with Gasteiger partial charge in [0.2, 0.25) is 0 Å². The Morgan fingerprint density at radius 3 is 2.52 bits per heavy atom. The van der Waals surface area contributed by atoms with Gasteiger partial charge in [0.15, 0.2) is 5.96 Å². The van der Waals surface area contributed by atoms with Crippen molar-refractivity contribution in [1.82, 2.24) is 5.32 Å². The van der Waals surface area contributed by atoms with Crippen LogP contribution in [-0.4, -0.2) is 39.4 Å². The highest BCUT2D eigenvalue weighted by Gasteiger charge is 2.34. The third-order valence-electron chi connectivity index (χ3n) is 4.40. The maximum absolute atomic E-state index is 6.01. The molecule has 2 rings (SSSR count). The maximum Gasteiger partial charge on any atom is 0.188 e. The molecule has 1 aliphatic rings. The van der Waals surface area contributed by atoms with Gasteiger partial charge in [0.05, 0.1) is 13.7 Å². The molecule has 3 N–H and O–H groups in total. The highest BCUT2D eigenvalue weighted by molar-refractivity contribution is 5.77. The molecule has 0 aromatic heterocycles. The molecule has 128 valence electrons. The Kier molecular flexibility index (Phi) is 6.28. The van der Waals surface area contributed by atoms with Gasteiger partial charge in [0, 0.05) is 25.2 Å². The van der Waals surface area contributed by atoms with E-state index in [-0.39, 0.29) is 5.41 Å². The summed E-state index contributed by atoms with van der Waals surface area (Å²) in [5, 5.41) is 3.19. The van der Waals surface area contributed by atoms with Crippen molar-refractivity contribution < 1.29 is 9.47 Å². The van der Waals surface area contributed by atoms with Crippen LogP contribution in [0.3, 0.4) is 0 Å². The van der Waals surface area contributed by atoms with Crippen LogP contribution in [0.1, 0.15) is 32.3 Å². The summed E-state index contributed by atoms with van der Waals surface area (Å²) in [5.74, 6) is 1.94. The first-order valence-corrected chi connectivity index (χ1v) is 8.32. The molecule has 0 aliphatic carbocycles. The van der Waals surface area contributed by atoms with Gasteiger partial charge in [-0.2, -0.15) is 0 Å². The number of nitrogens with zero attached hydrogens (tertiary/aromatic N) is 1. The minimum atomic E-state index is -0.00531. The molecule has 23 heavy (non-hydrogen) atoms. The van der Waals surface area contributed by atoms with Gasteiger partial charge >= 0.3 is 0 Å². The third kappa shape index (κ3) is 4.86. The topological polar surface area (TPSA) is 68.9 Å². The van der Waals surface area contributed by atoms with E-state index < -0.39 is 0 Å². The lowest BCUT2D eigenvalue weighted by molar-refractivity contribution is 0.0531. The number of nitrogens with two attached hydrogens (primary N) is 1. The molecule has 1 aromatic carbocycles. The zero-order chi connectivity index (χ0) is 16.7. The highest BCUT2D eigenvalue weighted by Crippen LogP contribution is 2.36. The van der Waals surface area contributed by atoms with Crippen LogP contribution in [0, 0.1) is 5.92 Å². The average Bonchev–Trinajstić information content (AvgIpc) is 2.59. The molecular formula is C18H29N3O2. The molecule has 0 unspecified atom stereocenters. The summed E-state index contributed by atoms with van der Waals surface area (Å²) < 4.78 is 10.8. The lowest BCUT2D eigenvalue weighted by Gasteiger charge is -2.36. The molecule has 1 heterocycles. The smallest absolute Gasteiger partial charge is 0.188 e. The molecule has 0 atom stereocenters. The van der Waals surface area contributed by atoms with Crippen molar-refractivity contribution in [1.29, 1.82) is 0 Å². The van der Waals surface area contributed by atoms with Crippen LogP contribution in [-0.2, 0) is 10.2 Å². The van der Waals surface area contributed by atoms with E-state index in [1.165, 1.54) is 5.56 Å². The molecule has 1 aromatic rings. The number of guanidine groups is 1. The van der Waals surface area contributed by atoms with Crippen molar-refractivity contribution in [3.63, 3.8) is 0 Å². The van der Waals surface area contributed by atoms with E-state index >= 15 is 0 Å². The molecule has 0 amide bonds. The van der Waals surface area contributed by atoms with Crippen LogP contribution in [0.2, 0.25) is 0 Å². The van der Waals surface area contributed by atoms with Crippen LogP contribution >= 0.6 is 0 Å². The van der Waals surface area contributed by atoms with Crippen molar-refractivity contribution in [2.75, 3.05) is 33.4 Å². The van der Waals surface area contributed by atoms with Gasteiger partial charge < -0.3 is 20.5 Å². The molecule has 0 bridgehead atoms. The number of hydrogen-bond donors (Lipinski definition) is 2. The Bertz CT molecular complexity index is 506. The first kappa shape index (κ1) is 17.6. The van der Waals surface area contributed by atoms with Crippen molar-refractivity contribution in [3.8, 4) is 5.75 Å². The Morgan fingerprint density at radius 1 is 1.30 bits per heavy atom. The summed E-state index contributed by atoms with van der Waals surface area (Å²) in [6, 6.07) is 8.29. The molecule has 1 saturated heterocycles. The Balaban J connectivity index is 2.13. The van der Waals surface area contributed by atoms with Crippen LogP contribution in [0.15, 0.2) is 29.3 Å². The van der Waals surface area contributed by atoms with Crippen LogP contribution in [0.4, 0.5) is 0 Å². The molecule has 0 spiro atoms. The van der Waals surface area contributed by atoms with Gasteiger partial charge in [-0.05, 0) is 36.5 Å². The second-order valence-corrected chi connectivity index (χ2v) is 6.60. The van der Waals surface area contributed by atoms with E-state index in [9.17, 15) is 0 Å². The maximum atomic E-state index is 6.01. The van der Waals surface area contributed by atoms with Crippen LogP contribution in [0.5, 0.6) is 5.75 Å². The Hall–Kier alpha value is -1.75. The molecule has 1 fully saturated rings. The summed E-state index contributed by atoms with van der Waals surface area (Å²) in [6.07, 6.45) is 1.92. The third-order valence-corrected chi connectivity index (χ3v) is 4.40. The van der Waals surface area contributed by atoms with Gasteiger partial charge in [-0.1, -0.05) is 26.0 Å². The predicted octanol–water partition coefficient (Wildman–Crippen LogP) is 2.30. The van der Waals surface area contributed by atoms with E-state index in [4.69, 9.17) is 15.2 Å². The fourth-order valence-corrected chi connectivity index (χ4v) is 2.85. The van der Waals surface area contributed by atoms with Gasteiger partial charge in [-0.25, -0.2) is 0 Å². The van der Waals surface area contributed by atoms with E-state index in [1.807, 2.05) is 12.1 Å². The summed E-state index contributed by atoms with van der Waals surface area (Å²) in [5.41, 5.74) is 7.28. The number of nitrogens with one attached hydrogen (secondary N) is 1. The van der Waals surface area contributed by atoms with E-state index in [0.717, 1.165) is 38.3 Å². The van der Waals surface area contributed by atoms with Gasteiger partial charge in [-0.3, -0.25) is 4.99 Å². The second-order valence-electron chi connectivity index (χ2n) is 6.60. The molecular weight excluding hydrogens is 290 g/mol. The number of hydrogen-bond acceptors (Lipinski definition) is 3. The van der Waals surface area contributed by atoms with E-state index in [1.54, 1.807) is 7.11 Å². The summed E-state index contributed by atoms with van der Waals surface area (Å²) >= 11 is 0. The number of rotatable bonds is 6. The zero-order valence-corrected chi connectivity index (χ0v) is 14.5. The number of benzene rings is 1. The normalized spacial score (nSPS) is 18.0. The van der Waals surface area contributed by atoms with Crippen molar-refractivity contribution >= 4 is 5.96 Å². The quantitative estimate of drug-likeness (QED) is 0.623. The van der Waals surface area contributed by atoms with Gasteiger partial charge in [0.25, 0.3) is 0 Å². The standard InChI is InChI=1S/C18H29N3O2/c1-14(2)12-20-17(19)21-13-18(8-10-23-11-9-18)15-4-6-16(22-3)7-5-15/h4-7,14H,8-13H2,1-3H3,(H3,19,20,21). The largest absolute Gasteiger partial charge is 0.497 e. The lowest BCUT2D eigenvalue weighted by Crippen LogP contribution is -2.40. The predicted molar refractivity (Wildman–Crippen MR) is 94.1 cm³/mol. The van der Waals surface area contributed by atoms with Gasteiger partial charge in [-0.15, -0.1) is 0 Å². The van der Waals surface area contributed by atoms with E-state index in [0.29, 0.717) is 18.4 Å². The molecule has 5 heteroatoms. The highest BCUT2D eigenvalue weighted by atomic mass is 16.5. The first-order chi connectivity index (χ1) is 11.1. The fraction of sp³-hybridized carbons (Fsp3) is 0.611. The van der Waals surface area contributed by atoms with Crippen molar-refractivity contribution in [3.05, 3.63) is 29.8 Å². The number of ether oxygens (including phenoxy) is 2. The zero-order valence-electron chi connectivity index (χ0n) is 14.5. The average molecular weight is 319 g/mol. The van der Waals surface area contributed by atoms with Gasteiger partial charge in [0.1, 0.15) is 5.75 Å². The number of aliphatic imine (C=N–C) groups is 1. The number of methoxy groups -OCH3 is 1. The minimum Gasteiger partial charge on any atom is -0.497 e. The SMILES string of the molecule is COc1ccc(C2(CN=C(N)NCC(C)C)CCOCC2)cc1. The Labute approximate surface area is 139 Å². The monoisotopic (exact) mass is 319 g/mol. The molecule has 0 saturated carbocycles. The molecule has 5 nitrogen and oxygen atoms in total.